The van der Waals surface area contributed by atoms with Gasteiger partial charge in [0.05, 0.1) is 36.4 Å². The van der Waals surface area contributed by atoms with Crippen molar-refractivity contribution in [2.75, 3.05) is 31.3 Å². The molecule has 0 bridgehead atoms. The summed E-state index contributed by atoms with van der Waals surface area (Å²) in [5, 5.41) is 26.1. The SMILES string of the molecule is CNC(=O)c1nnc(NC(=O)C2CC2)cc1Nc1cccc(-c2cn(C3CN(Cc4cccc(Cl)n4)[C@@H]3C)nn2)c1OC. The number of rotatable bonds is 10. The van der Waals surface area contributed by atoms with Gasteiger partial charge in [0.2, 0.25) is 5.91 Å². The molecule has 43 heavy (non-hydrogen) atoms. The normalized spacial score (nSPS) is 18.0. The second-order valence-corrected chi connectivity index (χ2v) is 11.0. The van der Waals surface area contributed by atoms with Gasteiger partial charge in [-0.3, -0.25) is 14.5 Å². The van der Waals surface area contributed by atoms with Crippen molar-refractivity contribution in [2.45, 2.75) is 38.4 Å². The number of methoxy groups -OCH3 is 1. The van der Waals surface area contributed by atoms with E-state index in [2.05, 4.69) is 53.3 Å². The molecule has 6 rings (SSSR count). The van der Waals surface area contributed by atoms with Crippen LogP contribution in [0.4, 0.5) is 17.2 Å². The van der Waals surface area contributed by atoms with Gasteiger partial charge in [-0.25, -0.2) is 9.67 Å². The monoisotopic (exact) mass is 602 g/mol. The van der Waals surface area contributed by atoms with E-state index >= 15 is 0 Å². The number of amides is 2. The Morgan fingerprint density at radius 1 is 1.09 bits per heavy atom. The average molecular weight is 603 g/mol. The van der Waals surface area contributed by atoms with E-state index in [0.717, 1.165) is 30.6 Å². The van der Waals surface area contributed by atoms with Crippen molar-refractivity contribution in [3.05, 3.63) is 65.2 Å². The molecule has 1 saturated carbocycles. The summed E-state index contributed by atoms with van der Waals surface area (Å²) in [4.78, 5) is 31.6. The molecular formula is C29H31ClN10O3. The summed E-state index contributed by atoms with van der Waals surface area (Å²) >= 11 is 6.05. The summed E-state index contributed by atoms with van der Waals surface area (Å²) < 4.78 is 7.70. The summed E-state index contributed by atoms with van der Waals surface area (Å²) in [6.07, 6.45) is 3.62. The molecule has 2 aliphatic rings. The van der Waals surface area contributed by atoms with E-state index in [1.54, 1.807) is 19.2 Å². The lowest BCUT2D eigenvalue weighted by Crippen LogP contribution is -2.54. The number of carbonyl (C=O) groups is 2. The van der Waals surface area contributed by atoms with Crippen molar-refractivity contribution < 1.29 is 14.3 Å². The molecule has 1 saturated heterocycles. The number of carbonyl (C=O) groups excluding carboxylic acids is 2. The first-order valence-corrected chi connectivity index (χ1v) is 14.3. The van der Waals surface area contributed by atoms with Crippen LogP contribution in [0.5, 0.6) is 5.75 Å². The molecule has 1 unspecified atom stereocenters. The first-order chi connectivity index (χ1) is 20.8. The van der Waals surface area contributed by atoms with Crippen LogP contribution in [0.2, 0.25) is 5.15 Å². The van der Waals surface area contributed by atoms with Gasteiger partial charge in [0.1, 0.15) is 10.8 Å². The van der Waals surface area contributed by atoms with Crippen LogP contribution >= 0.6 is 11.6 Å². The first kappa shape index (κ1) is 28.5. The van der Waals surface area contributed by atoms with Crippen molar-refractivity contribution in [3.8, 4) is 17.0 Å². The zero-order valence-corrected chi connectivity index (χ0v) is 24.7. The fourth-order valence-electron chi connectivity index (χ4n) is 5.10. The Morgan fingerprint density at radius 3 is 2.63 bits per heavy atom. The van der Waals surface area contributed by atoms with Gasteiger partial charge in [-0.05, 0) is 44.0 Å². The standard InChI is InChI=1S/C29H31ClN10O3/c1-16-23(15-39(16)13-18-6-4-9-24(30)32-18)40-14-22(35-38-40)19-7-5-8-20(27(19)43-3)33-21-12-25(34-28(41)17-10-11-17)36-37-26(21)29(42)31-2/h4-9,12,14,16-17,23H,10-11,13,15H2,1-3H3,(H,31,42)(H2,33,34,36,41)/t16-,23?/m1/s1. The Balaban J connectivity index is 1.22. The Kier molecular flexibility index (Phi) is 7.91. The number of halogens is 1. The van der Waals surface area contributed by atoms with Gasteiger partial charge < -0.3 is 20.7 Å². The summed E-state index contributed by atoms with van der Waals surface area (Å²) in [7, 11) is 3.08. The number of hydrogen-bond donors (Lipinski definition) is 3. The number of nitrogens with one attached hydrogen (secondary N) is 3. The van der Waals surface area contributed by atoms with Crippen LogP contribution in [-0.4, -0.2) is 73.6 Å². The molecule has 222 valence electrons. The number of likely N-dealkylation sites (tertiary alicyclic amines) is 1. The number of aromatic nitrogens is 6. The molecule has 1 aliphatic carbocycles. The molecule has 0 spiro atoms. The van der Waals surface area contributed by atoms with Crippen LogP contribution in [0.3, 0.4) is 0 Å². The molecule has 3 aromatic heterocycles. The van der Waals surface area contributed by atoms with Crippen molar-refractivity contribution in [1.82, 2.24) is 40.4 Å². The van der Waals surface area contributed by atoms with E-state index in [1.807, 2.05) is 41.2 Å². The Bertz CT molecular complexity index is 1670. The van der Waals surface area contributed by atoms with Crippen molar-refractivity contribution in [2.24, 2.45) is 5.92 Å². The van der Waals surface area contributed by atoms with E-state index in [0.29, 0.717) is 34.5 Å². The Hall–Kier alpha value is -4.62. The lowest BCUT2D eigenvalue weighted by molar-refractivity contribution is -0.117. The fourth-order valence-corrected chi connectivity index (χ4v) is 5.28. The minimum absolute atomic E-state index is 0.00650. The van der Waals surface area contributed by atoms with Crippen LogP contribution in [0.25, 0.3) is 11.3 Å². The summed E-state index contributed by atoms with van der Waals surface area (Å²) in [6, 6.07) is 13.2. The lowest BCUT2D eigenvalue weighted by Gasteiger charge is -2.45. The number of ether oxygens (including phenoxy) is 1. The van der Waals surface area contributed by atoms with Gasteiger partial charge >= 0.3 is 0 Å². The van der Waals surface area contributed by atoms with Gasteiger partial charge in [0.25, 0.3) is 5.91 Å². The highest BCUT2D eigenvalue weighted by Crippen LogP contribution is 2.39. The summed E-state index contributed by atoms with van der Waals surface area (Å²) in [5.74, 6) is 0.213. The lowest BCUT2D eigenvalue weighted by atomic mass is 9.98. The molecule has 2 amide bonds. The highest BCUT2D eigenvalue weighted by molar-refractivity contribution is 6.29. The highest BCUT2D eigenvalue weighted by Gasteiger charge is 2.38. The maximum atomic E-state index is 12.6. The third-order valence-electron chi connectivity index (χ3n) is 7.74. The third-order valence-corrected chi connectivity index (χ3v) is 7.95. The van der Waals surface area contributed by atoms with E-state index in [4.69, 9.17) is 16.3 Å². The predicted molar refractivity (Wildman–Crippen MR) is 160 cm³/mol. The van der Waals surface area contributed by atoms with Crippen LogP contribution < -0.4 is 20.7 Å². The summed E-state index contributed by atoms with van der Waals surface area (Å²) in [5.41, 5.74) is 3.28. The van der Waals surface area contributed by atoms with Crippen LogP contribution in [0.1, 0.15) is 42.0 Å². The van der Waals surface area contributed by atoms with Crippen LogP contribution in [-0.2, 0) is 11.3 Å². The highest BCUT2D eigenvalue weighted by atomic mass is 35.5. The third kappa shape index (κ3) is 5.99. The molecule has 13 nitrogen and oxygen atoms in total. The van der Waals surface area contributed by atoms with Gasteiger partial charge in [-0.2, -0.15) is 0 Å². The quantitative estimate of drug-likeness (QED) is 0.229. The van der Waals surface area contributed by atoms with Gasteiger partial charge in [-0.1, -0.05) is 28.9 Å². The molecule has 4 aromatic rings. The maximum Gasteiger partial charge on any atom is 0.273 e. The number of hydrogen-bond acceptors (Lipinski definition) is 10. The van der Waals surface area contributed by atoms with E-state index < -0.39 is 5.91 Å². The molecule has 14 heteroatoms. The van der Waals surface area contributed by atoms with Gasteiger partial charge in [-0.15, -0.1) is 15.3 Å². The smallest absolute Gasteiger partial charge is 0.273 e. The van der Waals surface area contributed by atoms with Crippen molar-refractivity contribution in [3.63, 3.8) is 0 Å². The molecule has 1 aliphatic heterocycles. The Labute approximate surface area is 253 Å². The minimum Gasteiger partial charge on any atom is -0.494 e. The van der Waals surface area contributed by atoms with E-state index in [1.165, 1.54) is 7.05 Å². The first-order valence-electron chi connectivity index (χ1n) is 14.0. The number of para-hydroxylation sites is 1. The van der Waals surface area contributed by atoms with Gasteiger partial charge in [0, 0.05) is 43.7 Å². The number of pyridine rings is 1. The average Bonchev–Trinajstić information content (AvgIpc) is 3.76. The molecule has 4 heterocycles. The van der Waals surface area contributed by atoms with Crippen LogP contribution in [0.15, 0.2) is 48.7 Å². The number of benzene rings is 1. The molecular weight excluding hydrogens is 572 g/mol. The zero-order chi connectivity index (χ0) is 30.1. The van der Waals surface area contributed by atoms with Crippen molar-refractivity contribution >= 4 is 40.6 Å². The predicted octanol–water partition coefficient (Wildman–Crippen LogP) is 3.69. The van der Waals surface area contributed by atoms with E-state index in [9.17, 15) is 9.59 Å². The molecule has 2 atom stereocenters. The fraction of sp³-hybridized carbons (Fsp3) is 0.345. The molecule has 3 N–H and O–H groups in total. The van der Waals surface area contributed by atoms with Crippen LogP contribution in [0, 0.1) is 5.92 Å². The second kappa shape index (κ2) is 11.9. The van der Waals surface area contributed by atoms with Crippen molar-refractivity contribution in [1.29, 1.82) is 0 Å². The summed E-state index contributed by atoms with van der Waals surface area (Å²) in [6.45, 7) is 3.66. The largest absolute Gasteiger partial charge is 0.494 e. The Morgan fingerprint density at radius 2 is 1.91 bits per heavy atom. The number of nitrogens with zero attached hydrogens (tertiary/aromatic N) is 7. The number of anilines is 3. The topological polar surface area (TPSA) is 152 Å². The minimum atomic E-state index is -0.428. The second-order valence-electron chi connectivity index (χ2n) is 10.6. The van der Waals surface area contributed by atoms with E-state index in [-0.39, 0.29) is 35.4 Å². The molecule has 1 aromatic carbocycles. The zero-order valence-electron chi connectivity index (χ0n) is 23.9. The maximum absolute atomic E-state index is 12.6. The van der Waals surface area contributed by atoms with Gasteiger partial charge in [0.15, 0.2) is 17.3 Å². The molecule has 0 radical (unpaired) electrons. The molecule has 2 fully saturated rings.